The molecule has 0 spiro atoms. The van der Waals surface area contributed by atoms with Crippen LogP contribution in [0.2, 0.25) is 0 Å². The van der Waals surface area contributed by atoms with Crippen molar-refractivity contribution in [2.45, 2.75) is 4.90 Å². The summed E-state index contributed by atoms with van der Waals surface area (Å²) in [5, 5.41) is 2.76. The highest BCUT2D eigenvalue weighted by Gasteiger charge is 2.28. The lowest BCUT2D eigenvalue weighted by Crippen LogP contribution is -2.50. The van der Waals surface area contributed by atoms with Gasteiger partial charge in [-0.25, -0.2) is 8.42 Å². The van der Waals surface area contributed by atoms with Gasteiger partial charge in [0.1, 0.15) is 12.4 Å². The molecule has 140 valence electrons. The van der Waals surface area contributed by atoms with Gasteiger partial charge in [0.05, 0.1) is 12.0 Å². The molecule has 9 heteroatoms. The summed E-state index contributed by atoms with van der Waals surface area (Å²) in [6, 6.07) is 6.41. The van der Waals surface area contributed by atoms with E-state index in [1.165, 1.54) is 11.4 Å². The Morgan fingerprint density at radius 3 is 2.32 bits per heavy atom. The van der Waals surface area contributed by atoms with Gasteiger partial charge in [-0.15, -0.1) is 0 Å². The van der Waals surface area contributed by atoms with E-state index in [0.717, 1.165) is 0 Å². The summed E-state index contributed by atoms with van der Waals surface area (Å²) in [4.78, 5) is 13.7. The highest BCUT2D eigenvalue weighted by Crippen LogP contribution is 2.20. The highest BCUT2D eigenvalue weighted by molar-refractivity contribution is 7.89. The number of nitrogens with one attached hydrogen (secondary N) is 1. The molecule has 0 aromatic heterocycles. The number of piperazine rings is 1. The van der Waals surface area contributed by atoms with Crippen molar-refractivity contribution in [3.63, 3.8) is 0 Å². The molecule has 1 aromatic rings. The molecule has 1 aromatic carbocycles. The number of sulfonamides is 1. The molecular formula is C16H25N3O5S. The predicted octanol–water partition coefficient (Wildman–Crippen LogP) is -0.236. The van der Waals surface area contributed by atoms with Crippen molar-refractivity contribution in [2.24, 2.45) is 0 Å². The molecule has 0 aliphatic carbocycles. The monoisotopic (exact) mass is 371 g/mol. The van der Waals surface area contributed by atoms with Crippen molar-refractivity contribution < 1.29 is 22.7 Å². The number of ether oxygens (including phenoxy) is 2. The van der Waals surface area contributed by atoms with Crippen LogP contribution in [0.4, 0.5) is 0 Å². The number of methoxy groups -OCH3 is 2. The van der Waals surface area contributed by atoms with Gasteiger partial charge in [0.2, 0.25) is 15.9 Å². The summed E-state index contributed by atoms with van der Waals surface area (Å²) in [7, 11) is -0.471. The van der Waals surface area contributed by atoms with Crippen molar-refractivity contribution in [3.05, 3.63) is 24.3 Å². The first-order valence-corrected chi connectivity index (χ1v) is 9.53. The Balaban J connectivity index is 1.83. The molecule has 1 amide bonds. The maximum Gasteiger partial charge on any atom is 0.246 e. The maximum atomic E-state index is 12.7. The smallest absolute Gasteiger partial charge is 0.246 e. The van der Waals surface area contributed by atoms with Gasteiger partial charge in [0.25, 0.3) is 0 Å². The average Bonchev–Trinajstić information content (AvgIpc) is 2.62. The number of hydrogen-bond acceptors (Lipinski definition) is 6. The van der Waals surface area contributed by atoms with E-state index in [2.05, 4.69) is 10.2 Å². The van der Waals surface area contributed by atoms with Gasteiger partial charge in [-0.1, -0.05) is 0 Å². The second kappa shape index (κ2) is 9.14. The van der Waals surface area contributed by atoms with E-state index in [-0.39, 0.29) is 17.4 Å². The molecule has 0 unspecified atom stereocenters. The minimum Gasteiger partial charge on any atom is -0.497 e. The standard InChI is InChI=1S/C16H25N3O5S/c1-23-13-16(20)17-7-8-18-9-11-19(12-10-18)25(21,22)15-5-3-14(24-2)4-6-15/h3-6H,7-13H2,1-2H3,(H,17,20). The van der Waals surface area contributed by atoms with Crippen molar-refractivity contribution in [1.29, 1.82) is 0 Å². The number of carbonyl (C=O) groups is 1. The van der Waals surface area contributed by atoms with Crippen LogP contribution in [0.5, 0.6) is 5.75 Å². The molecule has 1 saturated heterocycles. The molecule has 0 saturated carbocycles. The van der Waals surface area contributed by atoms with E-state index in [0.29, 0.717) is 45.0 Å². The minimum atomic E-state index is -3.49. The highest BCUT2D eigenvalue weighted by atomic mass is 32.2. The lowest BCUT2D eigenvalue weighted by Gasteiger charge is -2.33. The van der Waals surface area contributed by atoms with Crippen LogP contribution in [0.1, 0.15) is 0 Å². The molecule has 0 atom stereocenters. The Morgan fingerprint density at radius 2 is 1.76 bits per heavy atom. The van der Waals surface area contributed by atoms with Gasteiger partial charge in [-0.3, -0.25) is 9.69 Å². The number of nitrogens with zero attached hydrogens (tertiary/aromatic N) is 2. The number of hydrogen-bond donors (Lipinski definition) is 1. The van der Waals surface area contributed by atoms with Crippen LogP contribution in [0.3, 0.4) is 0 Å². The van der Waals surface area contributed by atoms with Crippen LogP contribution in [0, 0.1) is 0 Å². The maximum absolute atomic E-state index is 12.7. The fourth-order valence-corrected chi connectivity index (χ4v) is 4.05. The van der Waals surface area contributed by atoms with Crippen molar-refractivity contribution in [3.8, 4) is 5.75 Å². The normalized spacial score (nSPS) is 16.6. The van der Waals surface area contributed by atoms with E-state index in [9.17, 15) is 13.2 Å². The molecular weight excluding hydrogens is 346 g/mol. The lowest BCUT2D eigenvalue weighted by molar-refractivity contribution is -0.124. The van der Waals surface area contributed by atoms with Gasteiger partial charge in [-0.05, 0) is 24.3 Å². The van der Waals surface area contributed by atoms with Crippen LogP contribution in [-0.4, -0.2) is 83.6 Å². The number of amides is 1. The molecule has 2 rings (SSSR count). The Bertz CT molecular complexity index is 655. The Hall–Kier alpha value is -1.68. The zero-order valence-electron chi connectivity index (χ0n) is 14.6. The second-order valence-corrected chi connectivity index (χ2v) is 7.64. The minimum absolute atomic E-state index is 0.0495. The molecule has 25 heavy (non-hydrogen) atoms. The van der Waals surface area contributed by atoms with Crippen LogP contribution >= 0.6 is 0 Å². The number of carbonyl (C=O) groups excluding carboxylic acids is 1. The van der Waals surface area contributed by atoms with E-state index in [1.807, 2.05) is 0 Å². The molecule has 0 bridgehead atoms. The topological polar surface area (TPSA) is 88.2 Å². The largest absolute Gasteiger partial charge is 0.497 e. The summed E-state index contributed by atoms with van der Waals surface area (Å²) in [6.45, 7) is 3.39. The van der Waals surface area contributed by atoms with Gasteiger partial charge in [0.15, 0.2) is 0 Å². The molecule has 1 heterocycles. The number of rotatable bonds is 8. The molecule has 1 aliphatic rings. The average molecular weight is 371 g/mol. The van der Waals surface area contributed by atoms with Crippen LogP contribution < -0.4 is 10.1 Å². The van der Waals surface area contributed by atoms with E-state index < -0.39 is 10.0 Å². The van der Waals surface area contributed by atoms with Crippen LogP contribution in [-0.2, 0) is 19.6 Å². The summed E-state index contributed by atoms with van der Waals surface area (Å²) in [6.07, 6.45) is 0. The Kier molecular flexibility index (Phi) is 7.18. The van der Waals surface area contributed by atoms with E-state index in [4.69, 9.17) is 9.47 Å². The molecule has 0 radical (unpaired) electrons. The van der Waals surface area contributed by atoms with Crippen LogP contribution in [0.25, 0.3) is 0 Å². The first-order valence-electron chi connectivity index (χ1n) is 8.09. The quantitative estimate of drug-likeness (QED) is 0.679. The van der Waals surface area contributed by atoms with Gasteiger partial charge in [0, 0.05) is 46.4 Å². The van der Waals surface area contributed by atoms with E-state index >= 15 is 0 Å². The summed E-state index contributed by atoms with van der Waals surface area (Å²) < 4.78 is 36.6. The van der Waals surface area contributed by atoms with Crippen molar-refractivity contribution >= 4 is 15.9 Å². The van der Waals surface area contributed by atoms with Gasteiger partial charge >= 0.3 is 0 Å². The Morgan fingerprint density at radius 1 is 1.12 bits per heavy atom. The number of benzene rings is 1. The molecule has 1 fully saturated rings. The summed E-state index contributed by atoms with van der Waals surface area (Å²) in [5.41, 5.74) is 0. The third-order valence-electron chi connectivity index (χ3n) is 4.05. The summed E-state index contributed by atoms with van der Waals surface area (Å²) in [5.74, 6) is 0.475. The second-order valence-electron chi connectivity index (χ2n) is 5.70. The zero-order chi connectivity index (χ0) is 18.3. The predicted molar refractivity (Wildman–Crippen MR) is 93.1 cm³/mol. The lowest BCUT2D eigenvalue weighted by atomic mass is 10.3. The molecule has 1 N–H and O–H groups in total. The third-order valence-corrected chi connectivity index (χ3v) is 5.97. The fraction of sp³-hybridized carbons (Fsp3) is 0.562. The summed E-state index contributed by atoms with van der Waals surface area (Å²) >= 11 is 0. The third kappa shape index (κ3) is 5.40. The molecule has 1 aliphatic heterocycles. The molecule has 8 nitrogen and oxygen atoms in total. The first kappa shape index (κ1) is 19.6. The fourth-order valence-electron chi connectivity index (χ4n) is 2.63. The van der Waals surface area contributed by atoms with Gasteiger partial charge < -0.3 is 14.8 Å². The van der Waals surface area contributed by atoms with Crippen molar-refractivity contribution in [1.82, 2.24) is 14.5 Å². The first-order chi connectivity index (χ1) is 12.0. The van der Waals surface area contributed by atoms with Crippen molar-refractivity contribution in [2.75, 3.05) is 60.1 Å². The van der Waals surface area contributed by atoms with Crippen LogP contribution in [0.15, 0.2) is 29.2 Å². The van der Waals surface area contributed by atoms with E-state index in [1.54, 1.807) is 31.4 Å². The van der Waals surface area contributed by atoms with Gasteiger partial charge in [-0.2, -0.15) is 4.31 Å². The Labute approximate surface area is 148 Å². The zero-order valence-corrected chi connectivity index (χ0v) is 15.4. The SMILES string of the molecule is COCC(=O)NCCN1CCN(S(=O)(=O)c2ccc(OC)cc2)CC1.